The molecule has 9 heteroatoms. The number of nitrogens with zero attached hydrogens (tertiary/aromatic N) is 6. The smallest absolute Gasteiger partial charge is 0.318 e. The van der Waals surface area contributed by atoms with Gasteiger partial charge >= 0.3 is 6.01 Å². The Kier molecular flexibility index (Phi) is 7.49. The highest BCUT2D eigenvalue weighted by Crippen LogP contribution is 2.34. The third-order valence-electron chi connectivity index (χ3n) is 8.60. The number of piperazine rings is 1. The molecule has 2 unspecified atom stereocenters. The van der Waals surface area contributed by atoms with Crippen LogP contribution in [0.2, 0.25) is 0 Å². The molecular weight excluding hydrogens is 502 g/mol. The van der Waals surface area contributed by atoms with Crippen molar-refractivity contribution in [2.75, 3.05) is 62.8 Å². The number of aromatic nitrogens is 2. The first-order valence-corrected chi connectivity index (χ1v) is 14.3. The molecule has 0 radical (unpaired) electrons. The number of anilines is 2. The molecule has 0 spiro atoms. The fourth-order valence-corrected chi connectivity index (χ4v) is 5.97. The molecule has 2 saturated heterocycles. The van der Waals surface area contributed by atoms with Crippen molar-refractivity contribution >= 4 is 22.3 Å². The van der Waals surface area contributed by atoms with Gasteiger partial charge in [0.05, 0.1) is 31.3 Å². The highest BCUT2D eigenvalue weighted by molar-refractivity contribution is 5.94. The predicted octanol–water partition coefficient (Wildman–Crippen LogP) is 3.37. The average molecular weight is 542 g/mol. The van der Waals surface area contributed by atoms with Gasteiger partial charge in [-0.25, -0.2) is 0 Å². The van der Waals surface area contributed by atoms with E-state index in [1.54, 1.807) is 0 Å². The molecule has 4 heterocycles. The number of hydrogen-bond acceptors (Lipinski definition) is 9. The molecule has 0 bridgehead atoms. The van der Waals surface area contributed by atoms with Gasteiger partial charge in [0.25, 0.3) is 0 Å². The van der Waals surface area contributed by atoms with E-state index in [0.29, 0.717) is 32.2 Å². The molecule has 3 aromatic rings. The second kappa shape index (κ2) is 11.2. The standard InChI is InChI=1S/C31H39N7O2/c1-31(2)21-40-24(18-36(31)3)20-39-30-34-27-19-37(28-10-6-8-22-7-4-5-9-25(22)28)15-12-26(27)29(35-30)38-16-14-33-23(17-38)11-13-32/h4-10,23-24,33H,11-12,14-21H2,1-3H3. The number of benzene rings is 2. The van der Waals surface area contributed by atoms with Crippen molar-refractivity contribution in [3.63, 3.8) is 0 Å². The van der Waals surface area contributed by atoms with Crippen LogP contribution in [0.5, 0.6) is 6.01 Å². The van der Waals surface area contributed by atoms with E-state index in [1.165, 1.54) is 22.0 Å². The SMILES string of the molecule is CN1CC(COc2nc3c(c(N4CCNC(CC#N)C4)n2)CCN(c2cccc4ccccc24)C3)OCC1(C)C. The predicted molar refractivity (Wildman–Crippen MR) is 157 cm³/mol. The van der Waals surface area contributed by atoms with E-state index in [0.717, 1.165) is 50.7 Å². The van der Waals surface area contributed by atoms with Crippen LogP contribution >= 0.6 is 0 Å². The molecule has 3 aliphatic heterocycles. The van der Waals surface area contributed by atoms with E-state index >= 15 is 0 Å². The largest absolute Gasteiger partial charge is 0.461 e. The summed E-state index contributed by atoms with van der Waals surface area (Å²) in [6, 6.07) is 17.9. The van der Waals surface area contributed by atoms with Crippen molar-refractivity contribution in [1.82, 2.24) is 20.2 Å². The quantitative estimate of drug-likeness (QED) is 0.505. The molecule has 6 rings (SSSR count). The van der Waals surface area contributed by atoms with Gasteiger partial charge in [-0.15, -0.1) is 0 Å². The zero-order chi connectivity index (χ0) is 27.7. The molecule has 0 saturated carbocycles. The van der Waals surface area contributed by atoms with Gasteiger partial charge in [0.1, 0.15) is 18.5 Å². The van der Waals surface area contributed by atoms with Gasteiger partial charge in [-0.3, -0.25) is 4.90 Å². The van der Waals surface area contributed by atoms with Crippen LogP contribution in [0.1, 0.15) is 31.5 Å². The molecule has 2 fully saturated rings. The van der Waals surface area contributed by atoms with Crippen molar-refractivity contribution in [1.29, 1.82) is 5.26 Å². The second-order valence-electron chi connectivity index (χ2n) is 11.8. The van der Waals surface area contributed by atoms with Crippen LogP contribution in [0.25, 0.3) is 10.8 Å². The number of nitriles is 1. The molecule has 0 amide bonds. The summed E-state index contributed by atoms with van der Waals surface area (Å²) >= 11 is 0. The average Bonchev–Trinajstić information content (AvgIpc) is 2.97. The number of likely N-dealkylation sites (N-methyl/N-ethyl adjacent to an activating group) is 1. The molecule has 1 aromatic heterocycles. The number of morpholine rings is 1. The third-order valence-corrected chi connectivity index (χ3v) is 8.60. The normalized spacial score (nSPS) is 23.1. The molecule has 2 aromatic carbocycles. The van der Waals surface area contributed by atoms with Gasteiger partial charge in [0.2, 0.25) is 0 Å². The van der Waals surface area contributed by atoms with Crippen LogP contribution in [0.4, 0.5) is 11.5 Å². The summed E-state index contributed by atoms with van der Waals surface area (Å²) in [5, 5.41) is 15.3. The minimum Gasteiger partial charge on any atom is -0.461 e. The number of rotatable bonds is 6. The molecule has 3 aliphatic rings. The van der Waals surface area contributed by atoms with Crippen molar-refractivity contribution in [2.45, 2.75) is 50.9 Å². The van der Waals surface area contributed by atoms with Crippen LogP contribution in [-0.2, 0) is 17.7 Å². The van der Waals surface area contributed by atoms with E-state index in [9.17, 15) is 5.26 Å². The highest BCUT2D eigenvalue weighted by atomic mass is 16.5. The lowest BCUT2D eigenvalue weighted by atomic mass is 10.0. The summed E-state index contributed by atoms with van der Waals surface area (Å²) in [4.78, 5) is 17.0. The third kappa shape index (κ3) is 5.44. The maximum absolute atomic E-state index is 9.29. The van der Waals surface area contributed by atoms with Crippen LogP contribution < -0.4 is 19.9 Å². The van der Waals surface area contributed by atoms with Crippen LogP contribution in [-0.4, -0.2) is 85.5 Å². The molecule has 1 N–H and O–H groups in total. The lowest BCUT2D eigenvalue weighted by Gasteiger charge is -2.43. The Morgan fingerprint density at radius 2 is 1.95 bits per heavy atom. The fraction of sp³-hybridized carbons (Fsp3) is 0.516. The van der Waals surface area contributed by atoms with E-state index in [4.69, 9.17) is 19.4 Å². The summed E-state index contributed by atoms with van der Waals surface area (Å²) in [6.45, 7) is 10.2. The number of ether oxygens (including phenoxy) is 2. The van der Waals surface area contributed by atoms with Crippen LogP contribution in [0.3, 0.4) is 0 Å². The van der Waals surface area contributed by atoms with E-state index in [1.807, 2.05) is 0 Å². The molecular formula is C31H39N7O2. The molecule has 210 valence electrons. The Labute approximate surface area is 236 Å². The first-order chi connectivity index (χ1) is 19.4. The first-order valence-electron chi connectivity index (χ1n) is 14.3. The summed E-state index contributed by atoms with van der Waals surface area (Å²) in [5.74, 6) is 0.949. The molecule has 0 aliphatic carbocycles. The van der Waals surface area contributed by atoms with Gasteiger partial charge in [0, 0.05) is 60.9 Å². The topological polar surface area (TPSA) is 89.8 Å². The van der Waals surface area contributed by atoms with Gasteiger partial charge in [-0.2, -0.15) is 15.2 Å². The van der Waals surface area contributed by atoms with Crippen molar-refractivity contribution in [3.8, 4) is 12.1 Å². The zero-order valence-electron chi connectivity index (χ0n) is 23.8. The van der Waals surface area contributed by atoms with Gasteiger partial charge < -0.3 is 24.6 Å². The number of hydrogen-bond donors (Lipinski definition) is 1. The van der Waals surface area contributed by atoms with Crippen LogP contribution in [0, 0.1) is 11.3 Å². The second-order valence-corrected chi connectivity index (χ2v) is 11.8. The van der Waals surface area contributed by atoms with Gasteiger partial charge in [-0.1, -0.05) is 36.4 Å². The fourth-order valence-electron chi connectivity index (χ4n) is 5.97. The monoisotopic (exact) mass is 541 g/mol. The summed E-state index contributed by atoms with van der Waals surface area (Å²) in [7, 11) is 2.13. The number of nitrogens with one attached hydrogen (secondary N) is 1. The van der Waals surface area contributed by atoms with E-state index < -0.39 is 0 Å². The lowest BCUT2D eigenvalue weighted by molar-refractivity contribution is -0.101. The first kappa shape index (κ1) is 26.8. The van der Waals surface area contributed by atoms with Gasteiger partial charge in [-0.05, 0) is 38.8 Å². The Bertz CT molecular complexity index is 1400. The van der Waals surface area contributed by atoms with Crippen molar-refractivity contribution < 1.29 is 9.47 Å². The Morgan fingerprint density at radius 3 is 2.80 bits per heavy atom. The maximum Gasteiger partial charge on any atom is 0.318 e. The highest BCUT2D eigenvalue weighted by Gasteiger charge is 2.33. The molecule has 9 nitrogen and oxygen atoms in total. The summed E-state index contributed by atoms with van der Waals surface area (Å²) in [6.07, 6.45) is 1.30. The van der Waals surface area contributed by atoms with Crippen LogP contribution in [0.15, 0.2) is 42.5 Å². The maximum atomic E-state index is 9.29. The number of fused-ring (bicyclic) bond motifs is 2. The van der Waals surface area contributed by atoms with Crippen molar-refractivity contribution in [3.05, 3.63) is 53.7 Å². The molecule has 40 heavy (non-hydrogen) atoms. The Balaban J connectivity index is 1.29. The van der Waals surface area contributed by atoms with Gasteiger partial charge in [0.15, 0.2) is 0 Å². The Hall–Kier alpha value is -3.45. The minimum absolute atomic E-state index is 0.0132. The van der Waals surface area contributed by atoms with Crippen molar-refractivity contribution in [2.24, 2.45) is 0 Å². The van der Waals surface area contributed by atoms with E-state index in [2.05, 4.69) is 89.4 Å². The minimum atomic E-state index is -0.0347. The zero-order valence-corrected chi connectivity index (χ0v) is 23.8. The Morgan fingerprint density at radius 1 is 1.10 bits per heavy atom. The molecule has 2 atom stereocenters. The van der Waals surface area contributed by atoms with E-state index in [-0.39, 0.29) is 17.7 Å². The summed E-state index contributed by atoms with van der Waals surface area (Å²) < 4.78 is 12.4. The summed E-state index contributed by atoms with van der Waals surface area (Å²) in [5.41, 5.74) is 3.44. The lowest BCUT2D eigenvalue weighted by Crippen LogP contribution is -2.55.